The summed E-state index contributed by atoms with van der Waals surface area (Å²) in [6.07, 6.45) is 0.726. The smallest absolute Gasteiger partial charge is 0.275 e. The molecule has 1 fully saturated rings. The van der Waals surface area contributed by atoms with Crippen LogP contribution in [-0.2, 0) is 4.79 Å². The van der Waals surface area contributed by atoms with E-state index in [2.05, 4.69) is 15.2 Å². The van der Waals surface area contributed by atoms with Crippen LogP contribution in [0, 0.1) is 5.92 Å². The summed E-state index contributed by atoms with van der Waals surface area (Å²) in [5.41, 5.74) is 8.40. The number of rotatable bonds is 5. The minimum Gasteiger partial charge on any atom is -0.369 e. The van der Waals surface area contributed by atoms with Crippen molar-refractivity contribution in [1.29, 1.82) is 0 Å². The van der Waals surface area contributed by atoms with E-state index in [4.69, 9.17) is 5.73 Å². The van der Waals surface area contributed by atoms with Crippen LogP contribution in [0.3, 0.4) is 0 Å². The van der Waals surface area contributed by atoms with Gasteiger partial charge in [-0.15, -0.1) is 11.3 Å². The second kappa shape index (κ2) is 7.82. The number of benzene rings is 2. The number of nitrogens with zero attached hydrogens (tertiary/aromatic N) is 2. The first-order chi connectivity index (χ1) is 13.6. The zero-order valence-corrected chi connectivity index (χ0v) is 16.0. The molecule has 28 heavy (non-hydrogen) atoms. The average molecular weight is 392 g/mol. The molecule has 0 bridgehead atoms. The number of para-hydroxylation sites is 2. The van der Waals surface area contributed by atoms with E-state index in [1.807, 2.05) is 54.6 Å². The number of hydrogen-bond donors (Lipinski definition) is 2. The summed E-state index contributed by atoms with van der Waals surface area (Å²) in [4.78, 5) is 30.8. The third-order valence-corrected chi connectivity index (χ3v) is 5.73. The Hall–Kier alpha value is -3.19. The van der Waals surface area contributed by atoms with E-state index in [9.17, 15) is 9.59 Å². The number of primary amides is 1. The summed E-state index contributed by atoms with van der Waals surface area (Å²) in [6, 6.07) is 17.4. The molecule has 0 aliphatic carbocycles. The van der Waals surface area contributed by atoms with Gasteiger partial charge < -0.3 is 16.0 Å². The molecule has 0 radical (unpaired) electrons. The zero-order chi connectivity index (χ0) is 19.5. The molecule has 4 rings (SSSR count). The van der Waals surface area contributed by atoms with E-state index >= 15 is 0 Å². The van der Waals surface area contributed by atoms with Gasteiger partial charge in [-0.2, -0.15) is 0 Å². The summed E-state index contributed by atoms with van der Waals surface area (Å²) in [6.45, 7) is 1.30. The lowest BCUT2D eigenvalue weighted by atomic mass is 10.1. The number of amides is 2. The SMILES string of the molecule is NC(=O)C1CCN(c2ccccc2NC(=O)c2csc(-c3ccccc3)n2)C1. The van der Waals surface area contributed by atoms with Crippen molar-refractivity contribution in [3.05, 3.63) is 65.7 Å². The second-order valence-electron chi connectivity index (χ2n) is 6.71. The molecule has 6 nitrogen and oxygen atoms in total. The Morgan fingerprint density at radius 1 is 1.11 bits per heavy atom. The van der Waals surface area contributed by atoms with E-state index < -0.39 is 0 Å². The van der Waals surface area contributed by atoms with Crippen molar-refractivity contribution < 1.29 is 9.59 Å². The van der Waals surface area contributed by atoms with Gasteiger partial charge in [0, 0.05) is 24.0 Å². The molecule has 142 valence electrons. The fraction of sp³-hybridized carbons (Fsp3) is 0.190. The van der Waals surface area contributed by atoms with Gasteiger partial charge in [-0.3, -0.25) is 9.59 Å². The van der Waals surface area contributed by atoms with Crippen molar-refractivity contribution in [3.63, 3.8) is 0 Å². The van der Waals surface area contributed by atoms with Crippen molar-refractivity contribution in [2.45, 2.75) is 6.42 Å². The number of nitrogens with two attached hydrogens (primary N) is 1. The molecular formula is C21H20N4O2S. The minimum absolute atomic E-state index is 0.157. The second-order valence-corrected chi connectivity index (χ2v) is 7.57. The Morgan fingerprint density at radius 2 is 1.86 bits per heavy atom. The molecule has 2 heterocycles. The number of carbonyl (C=O) groups excluding carboxylic acids is 2. The van der Waals surface area contributed by atoms with Crippen molar-refractivity contribution in [1.82, 2.24) is 4.98 Å². The van der Waals surface area contributed by atoms with Gasteiger partial charge in [-0.1, -0.05) is 42.5 Å². The molecule has 3 N–H and O–H groups in total. The largest absolute Gasteiger partial charge is 0.369 e. The molecular weight excluding hydrogens is 372 g/mol. The molecule has 7 heteroatoms. The molecule has 1 atom stereocenters. The first-order valence-corrected chi connectivity index (χ1v) is 9.95. The number of hydrogen-bond acceptors (Lipinski definition) is 5. The molecule has 1 aliphatic heterocycles. The average Bonchev–Trinajstić information content (AvgIpc) is 3.39. The monoisotopic (exact) mass is 392 g/mol. The van der Waals surface area contributed by atoms with Gasteiger partial charge in [0.05, 0.1) is 17.3 Å². The summed E-state index contributed by atoms with van der Waals surface area (Å²) in [5.74, 6) is -0.688. The highest BCUT2D eigenvalue weighted by Crippen LogP contribution is 2.31. The summed E-state index contributed by atoms with van der Waals surface area (Å²) < 4.78 is 0. The number of aromatic nitrogens is 1. The van der Waals surface area contributed by atoms with Crippen LogP contribution in [0.5, 0.6) is 0 Å². The maximum atomic E-state index is 12.7. The predicted octanol–water partition coefficient (Wildman–Crippen LogP) is 3.37. The molecule has 3 aromatic rings. The molecule has 1 unspecified atom stereocenters. The maximum Gasteiger partial charge on any atom is 0.275 e. The Balaban J connectivity index is 1.52. The van der Waals surface area contributed by atoms with Gasteiger partial charge in [0.2, 0.25) is 5.91 Å². The van der Waals surface area contributed by atoms with Crippen molar-refractivity contribution in [2.24, 2.45) is 11.7 Å². The maximum absolute atomic E-state index is 12.7. The van der Waals surface area contributed by atoms with Gasteiger partial charge in [0.25, 0.3) is 5.91 Å². The summed E-state index contributed by atoms with van der Waals surface area (Å²) in [7, 11) is 0. The number of carbonyl (C=O) groups is 2. The van der Waals surface area contributed by atoms with Crippen LogP contribution in [0.1, 0.15) is 16.9 Å². The third-order valence-electron chi connectivity index (χ3n) is 4.84. The van der Waals surface area contributed by atoms with Crippen LogP contribution < -0.4 is 16.0 Å². The normalized spacial score (nSPS) is 16.1. The standard InChI is InChI=1S/C21H20N4O2S/c22-19(26)15-10-11-25(12-15)18-9-5-4-8-16(18)23-20(27)17-13-28-21(24-17)14-6-2-1-3-7-14/h1-9,13,15H,10-12H2,(H2,22,26)(H,23,27). The van der Waals surface area contributed by atoms with Crippen LogP contribution in [0.4, 0.5) is 11.4 Å². The quantitative estimate of drug-likeness (QED) is 0.697. The first kappa shape index (κ1) is 18.2. The van der Waals surface area contributed by atoms with Crippen LogP contribution in [-0.4, -0.2) is 29.9 Å². The van der Waals surface area contributed by atoms with Crippen LogP contribution in [0.2, 0.25) is 0 Å². The lowest BCUT2D eigenvalue weighted by Crippen LogP contribution is -2.28. The number of thiazole rings is 1. The number of nitrogens with one attached hydrogen (secondary N) is 1. The Kier molecular flexibility index (Phi) is 5.08. The van der Waals surface area contributed by atoms with Gasteiger partial charge in [-0.25, -0.2) is 4.98 Å². The summed E-state index contributed by atoms with van der Waals surface area (Å²) in [5, 5.41) is 5.53. The fourth-order valence-corrected chi connectivity index (χ4v) is 4.15. The Labute approximate surface area is 167 Å². The van der Waals surface area contributed by atoms with E-state index in [1.165, 1.54) is 11.3 Å². The van der Waals surface area contributed by atoms with Crippen LogP contribution in [0.25, 0.3) is 10.6 Å². The van der Waals surface area contributed by atoms with Gasteiger partial charge in [-0.05, 0) is 18.6 Å². The molecule has 2 aromatic carbocycles. The highest BCUT2D eigenvalue weighted by molar-refractivity contribution is 7.13. The topological polar surface area (TPSA) is 88.3 Å². The molecule has 0 saturated carbocycles. The van der Waals surface area contributed by atoms with E-state index in [1.54, 1.807) is 5.38 Å². The van der Waals surface area contributed by atoms with Crippen LogP contribution in [0.15, 0.2) is 60.0 Å². The summed E-state index contributed by atoms with van der Waals surface area (Å²) >= 11 is 1.44. The van der Waals surface area contributed by atoms with E-state index in [-0.39, 0.29) is 17.7 Å². The van der Waals surface area contributed by atoms with Crippen LogP contribution >= 0.6 is 11.3 Å². The highest BCUT2D eigenvalue weighted by atomic mass is 32.1. The molecule has 0 spiro atoms. The van der Waals surface area contributed by atoms with E-state index in [0.717, 1.165) is 29.2 Å². The lowest BCUT2D eigenvalue weighted by molar-refractivity contribution is -0.121. The van der Waals surface area contributed by atoms with Gasteiger partial charge in [0.1, 0.15) is 10.7 Å². The lowest BCUT2D eigenvalue weighted by Gasteiger charge is -2.21. The fourth-order valence-electron chi connectivity index (χ4n) is 3.34. The first-order valence-electron chi connectivity index (χ1n) is 9.07. The molecule has 1 aliphatic rings. The van der Waals surface area contributed by atoms with Crippen molar-refractivity contribution in [2.75, 3.05) is 23.3 Å². The van der Waals surface area contributed by atoms with Crippen molar-refractivity contribution in [3.8, 4) is 10.6 Å². The Morgan fingerprint density at radius 3 is 2.61 bits per heavy atom. The third kappa shape index (κ3) is 3.75. The molecule has 1 aromatic heterocycles. The van der Waals surface area contributed by atoms with Crippen molar-refractivity contribution >= 4 is 34.5 Å². The highest BCUT2D eigenvalue weighted by Gasteiger charge is 2.28. The molecule has 1 saturated heterocycles. The number of anilines is 2. The predicted molar refractivity (Wildman–Crippen MR) is 111 cm³/mol. The van der Waals surface area contributed by atoms with Gasteiger partial charge in [0.15, 0.2) is 0 Å². The van der Waals surface area contributed by atoms with E-state index in [0.29, 0.717) is 17.9 Å². The minimum atomic E-state index is -0.278. The van der Waals surface area contributed by atoms with Gasteiger partial charge >= 0.3 is 0 Å². The molecule has 2 amide bonds. The Bertz CT molecular complexity index is 1000. The zero-order valence-electron chi connectivity index (χ0n) is 15.2.